The Hall–Kier alpha value is -3.13. The van der Waals surface area contributed by atoms with E-state index in [9.17, 15) is 10.1 Å². The van der Waals surface area contributed by atoms with E-state index in [1.54, 1.807) is 24.4 Å². The first-order valence-corrected chi connectivity index (χ1v) is 8.33. The van der Waals surface area contributed by atoms with Crippen LogP contribution in [0.5, 0.6) is 5.75 Å². The van der Waals surface area contributed by atoms with Gasteiger partial charge in [0, 0.05) is 10.5 Å². The molecule has 8 heteroatoms. The number of nitro benzene ring substituents is 1. The van der Waals surface area contributed by atoms with E-state index in [1.807, 2.05) is 24.3 Å². The highest BCUT2D eigenvalue weighted by atomic mass is 79.9. The van der Waals surface area contributed by atoms with Crippen LogP contribution in [0.4, 0.5) is 11.4 Å². The Morgan fingerprint density at radius 2 is 1.96 bits per heavy atom. The lowest BCUT2D eigenvalue weighted by Crippen LogP contribution is -1.92. The SMILES string of the molecule is COc1cc([N+](=O)[O-])ccc1-c1ccc(/C=N/Nc2ccc(Br)cc2)o1. The van der Waals surface area contributed by atoms with Gasteiger partial charge in [-0.25, -0.2) is 0 Å². The van der Waals surface area contributed by atoms with E-state index in [0.717, 1.165) is 10.2 Å². The quantitative estimate of drug-likeness (QED) is 0.344. The molecule has 0 saturated carbocycles. The van der Waals surface area contributed by atoms with Gasteiger partial charge in [0.2, 0.25) is 0 Å². The second-order valence-corrected chi connectivity index (χ2v) is 6.14. The summed E-state index contributed by atoms with van der Waals surface area (Å²) in [6.07, 6.45) is 1.55. The number of ether oxygens (including phenoxy) is 1. The number of anilines is 1. The molecule has 0 unspecified atom stereocenters. The molecule has 1 aromatic heterocycles. The molecule has 2 aromatic carbocycles. The van der Waals surface area contributed by atoms with Crippen molar-refractivity contribution < 1.29 is 14.1 Å². The van der Waals surface area contributed by atoms with Gasteiger partial charge in [0.25, 0.3) is 5.69 Å². The van der Waals surface area contributed by atoms with E-state index < -0.39 is 4.92 Å². The predicted molar refractivity (Wildman–Crippen MR) is 103 cm³/mol. The maximum Gasteiger partial charge on any atom is 0.273 e. The lowest BCUT2D eigenvalue weighted by atomic mass is 10.1. The topological polar surface area (TPSA) is 89.9 Å². The second kappa shape index (κ2) is 7.83. The minimum Gasteiger partial charge on any atom is -0.496 e. The molecule has 0 atom stereocenters. The van der Waals surface area contributed by atoms with Crippen LogP contribution in [-0.2, 0) is 0 Å². The third-order valence-electron chi connectivity index (χ3n) is 3.52. The molecule has 0 amide bonds. The average molecular weight is 416 g/mol. The second-order valence-electron chi connectivity index (χ2n) is 5.22. The van der Waals surface area contributed by atoms with Gasteiger partial charge in [-0.05, 0) is 42.5 Å². The number of hydrogen-bond acceptors (Lipinski definition) is 6. The van der Waals surface area contributed by atoms with E-state index in [4.69, 9.17) is 9.15 Å². The Labute approximate surface area is 157 Å². The summed E-state index contributed by atoms with van der Waals surface area (Å²) in [5, 5.41) is 15.0. The fourth-order valence-electron chi connectivity index (χ4n) is 2.26. The molecular weight excluding hydrogens is 402 g/mol. The molecule has 0 bridgehead atoms. The zero-order valence-corrected chi connectivity index (χ0v) is 15.3. The number of rotatable bonds is 6. The number of nitro groups is 1. The maximum atomic E-state index is 10.9. The molecule has 132 valence electrons. The Bertz CT molecular complexity index is 951. The van der Waals surface area contributed by atoms with Crippen LogP contribution in [0.2, 0.25) is 0 Å². The first-order chi connectivity index (χ1) is 12.6. The zero-order chi connectivity index (χ0) is 18.5. The standard InChI is InChI=1S/C18H14BrN3O4/c1-25-18-10-14(22(23)24)6-8-16(18)17-9-7-15(26-17)11-20-21-13-4-2-12(19)3-5-13/h2-11,21H,1H3/b20-11+. The van der Waals surface area contributed by atoms with Crippen molar-refractivity contribution in [2.75, 3.05) is 12.5 Å². The summed E-state index contributed by atoms with van der Waals surface area (Å²) in [5.41, 5.74) is 4.32. The van der Waals surface area contributed by atoms with Crippen molar-refractivity contribution in [2.24, 2.45) is 5.10 Å². The number of hydrogen-bond donors (Lipinski definition) is 1. The van der Waals surface area contributed by atoms with Crippen molar-refractivity contribution in [3.05, 3.63) is 74.9 Å². The number of nitrogens with zero attached hydrogens (tertiary/aromatic N) is 2. The number of halogens is 1. The van der Waals surface area contributed by atoms with E-state index in [1.165, 1.54) is 19.2 Å². The Morgan fingerprint density at radius 3 is 2.65 bits per heavy atom. The maximum absolute atomic E-state index is 10.9. The third kappa shape index (κ3) is 4.09. The van der Waals surface area contributed by atoms with Gasteiger partial charge in [-0.15, -0.1) is 0 Å². The minimum atomic E-state index is -0.472. The van der Waals surface area contributed by atoms with Gasteiger partial charge in [-0.2, -0.15) is 5.10 Å². The van der Waals surface area contributed by atoms with Crippen molar-refractivity contribution in [1.29, 1.82) is 0 Å². The van der Waals surface area contributed by atoms with Crippen molar-refractivity contribution in [1.82, 2.24) is 0 Å². The van der Waals surface area contributed by atoms with Gasteiger partial charge in [0.15, 0.2) is 0 Å². The summed E-state index contributed by atoms with van der Waals surface area (Å²) < 4.78 is 11.9. The normalized spacial score (nSPS) is 10.8. The minimum absolute atomic E-state index is 0.0439. The summed E-state index contributed by atoms with van der Waals surface area (Å²) in [4.78, 5) is 10.4. The van der Waals surface area contributed by atoms with Crippen molar-refractivity contribution in [3.8, 4) is 17.1 Å². The lowest BCUT2D eigenvalue weighted by Gasteiger charge is -2.05. The molecule has 0 aliphatic carbocycles. The Kier molecular flexibility index (Phi) is 5.33. The summed E-state index contributed by atoms with van der Waals surface area (Å²) in [6, 6.07) is 15.5. The zero-order valence-electron chi connectivity index (χ0n) is 13.7. The van der Waals surface area contributed by atoms with E-state index in [0.29, 0.717) is 22.8 Å². The molecule has 3 aromatic rings. The molecule has 7 nitrogen and oxygen atoms in total. The van der Waals surface area contributed by atoms with Crippen molar-refractivity contribution >= 4 is 33.5 Å². The molecule has 26 heavy (non-hydrogen) atoms. The van der Waals surface area contributed by atoms with Crippen LogP contribution in [-0.4, -0.2) is 18.2 Å². The van der Waals surface area contributed by atoms with Gasteiger partial charge < -0.3 is 9.15 Å². The van der Waals surface area contributed by atoms with Gasteiger partial charge in [-0.1, -0.05) is 15.9 Å². The highest BCUT2D eigenvalue weighted by Crippen LogP contribution is 2.34. The molecule has 1 heterocycles. The highest BCUT2D eigenvalue weighted by molar-refractivity contribution is 9.10. The number of non-ortho nitro benzene ring substituents is 1. The van der Waals surface area contributed by atoms with Crippen molar-refractivity contribution in [3.63, 3.8) is 0 Å². The van der Waals surface area contributed by atoms with E-state index in [-0.39, 0.29) is 5.69 Å². The molecule has 3 rings (SSSR count). The van der Waals surface area contributed by atoms with Crippen LogP contribution in [0.15, 0.2) is 68.6 Å². The summed E-state index contributed by atoms with van der Waals surface area (Å²) in [6.45, 7) is 0. The number of benzene rings is 2. The summed E-state index contributed by atoms with van der Waals surface area (Å²) >= 11 is 3.37. The number of nitrogens with one attached hydrogen (secondary N) is 1. The molecule has 0 aliphatic rings. The van der Waals surface area contributed by atoms with E-state index >= 15 is 0 Å². The van der Waals surface area contributed by atoms with Gasteiger partial charge in [0.1, 0.15) is 17.3 Å². The van der Waals surface area contributed by atoms with Crippen LogP contribution < -0.4 is 10.2 Å². The van der Waals surface area contributed by atoms with Crippen LogP contribution in [0, 0.1) is 10.1 Å². The van der Waals surface area contributed by atoms with Crippen LogP contribution >= 0.6 is 15.9 Å². The first kappa shape index (κ1) is 17.7. The van der Waals surface area contributed by atoms with Crippen LogP contribution in [0.3, 0.4) is 0 Å². The predicted octanol–water partition coefficient (Wildman–Crippen LogP) is 5.07. The molecular formula is C18H14BrN3O4. The van der Waals surface area contributed by atoms with Gasteiger partial charge in [0.05, 0.1) is 35.6 Å². The van der Waals surface area contributed by atoms with Gasteiger partial charge in [-0.3, -0.25) is 15.5 Å². The summed E-state index contributed by atoms with van der Waals surface area (Å²) in [7, 11) is 1.45. The van der Waals surface area contributed by atoms with Crippen LogP contribution in [0.1, 0.15) is 5.76 Å². The molecule has 0 aliphatic heterocycles. The summed E-state index contributed by atoms with van der Waals surface area (Å²) in [5.74, 6) is 1.43. The molecule has 0 fully saturated rings. The van der Waals surface area contributed by atoms with Gasteiger partial charge >= 0.3 is 0 Å². The largest absolute Gasteiger partial charge is 0.496 e. The molecule has 0 radical (unpaired) electrons. The number of methoxy groups -OCH3 is 1. The molecule has 1 N–H and O–H groups in total. The van der Waals surface area contributed by atoms with E-state index in [2.05, 4.69) is 26.5 Å². The highest BCUT2D eigenvalue weighted by Gasteiger charge is 2.15. The number of furan rings is 1. The third-order valence-corrected chi connectivity index (χ3v) is 4.05. The first-order valence-electron chi connectivity index (χ1n) is 7.54. The van der Waals surface area contributed by atoms with Crippen molar-refractivity contribution in [2.45, 2.75) is 0 Å². The fourth-order valence-corrected chi connectivity index (χ4v) is 2.52. The molecule has 0 spiro atoms. The average Bonchev–Trinajstić information content (AvgIpc) is 3.11. The Morgan fingerprint density at radius 1 is 1.19 bits per heavy atom. The monoisotopic (exact) mass is 415 g/mol. The number of hydrazone groups is 1. The molecule has 0 saturated heterocycles. The smallest absolute Gasteiger partial charge is 0.273 e. The lowest BCUT2D eigenvalue weighted by molar-refractivity contribution is -0.384. The fraction of sp³-hybridized carbons (Fsp3) is 0.0556. The Balaban J connectivity index is 1.76. The van der Waals surface area contributed by atoms with Crippen LogP contribution in [0.25, 0.3) is 11.3 Å².